The first-order valence-electron chi connectivity index (χ1n) is 4.50. The Balaban J connectivity index is 1.85. The minimum Gasteiger partial charge on any atom is -0.378 e. The van der Waals surface area contributed by atoms with E-state index >= 15 is 0 Å². The molecule has 1 fully saturated rings. The molecule has 0 radical (unpaired) electrons. The van der Waals surface area contributed by atoms with Gasteiger partial charge in [-0.15, -0.1) is 0 Å². The molecular weight excluding hydrogens is 154 g/mol. The van der Waals surface area contributed by atoms with Crippen LogP contribution < -0.4 is 0 Å². The molecular formula is C9H15NO2. The van der Waals surface area contributed by atoms with Gasteiger partial charge in [-0.3, -0.25) is 0 Å². The summed E-state index contributed by atoms with van der Waals surface area (Å²) in [6.45, 7) is 1.82. The molecule has 1 heterocycles. The van der Waals surface area contributed by atoms with Crippen LogP contribution in [-0.4, -0.2) is 25.9 Å². The molecule has 0 N–H and O–H groups in total. The SMILES string of the molecule is N#CCOCCCC1CCCO1. The largest absolute Gasteiger partial charge is 0.378 e. The predicted octanol–water partition coefficient (Wildman–Crippen LogP) is 1.49. The van der Waals surface area contributed by atoms with Gasteiger partial charge in [-0.05, 0) is 25.7 Å². The number of hydrogen-bond donors (Lipinski definition) is 0. The van der Waals surface area contributed by atoms with Crippen molar-refractivity contribution in [3.05, 3.63) is 0 Å². The fourth-order valence-electron chi connectivity index (χ4n) is 1.40. The summed E-state index contributed by atoms with van der Waals surface area (Å²) >= 11 is 0. The van der Waals surface area contributed by atoms with Gasteiger partial charge >= 0.3 is 0 Å². The molecule has 1 rings (SSSR count). The molecule has 0 aromatic carbocycles. The maximum Gasteiger partial charge on any atom is 0.133 e. The number of nitrogens with zero attached hydrogens (tertiary/aromatic N) is 1. The molecule has 1 aliphatic rings. The number of ether oxygens (including phenoxy) is 2. The zero-order chi connectivity index (χ0) is 8.65. The van der Waals surface area contributed by atoms with Crippen LogP contribution in [0.1, 0.15) is 25.7 Å². The van der Waals surface area contributed by atoms with E-state index in [-0.39, 0.29) is 6.61 Å². The molecule has 0 amide bonds. The molecule has 0 saturated carbocycles. The third-order valence-corrected chi connectivity index (χ3v) is 2.01. The normalized spacial score (nSPS) is 22.4. The van der Waals surface area contributed by atoms with E-state index in [1.54, 1.807) is 0 Å². The smallest absolute Gasteiger partial charge is 0.133 e. The first kappa shape index (κ1) is 9.50. The first-order chi connectivity index (χ1) is 5.93. The van der Waals surface area contributed by atoms with Gasteiger partial charge in [0, 0.05) is 13.2 Å². The lowest BCUT2D eigenvalue weighted by atomic mass is 10.1. The second-order valence-corrected chi connectivity index (χ2v) is 2.99. The third-order valence-electron chi connectivity index (χ3n) is 2.01. The highest BCUT2D eigenvalue weighted by Gasteiger charge is 2.14. The van der Waals surface area contributed by atoms with Gasteiger partial charge in [0.05, 0.1) is 12.2 Å². The van der Waals surface area contributed by atoms with E-state index in [2.05, 4.69) is 0 Å². The van der Waals surface area contributed by atoms with Crippen molar-refractivity contribution in [3.63, 3.8) is 0 Å². The van der Waals surface area contributed by atoms with Crippen molar-refractivity contribution >= 4 is 0 Å². The van der Waals surface area contributed by atoms with Gasteiger partial charge in [0.2, 0.25) is 0 Å². The van der Waals surface area contributed by atoms with Crippen LogP contribution in [0.15, 0.2) is 0 Å². The van der Waals surface area contributed by atoms with E-state index in [0.29, 0.717) is 12.7 Å². The summed E-state index contributed by atoms with van der Waals surface area (Å²) in [4.78, 5) is 0. The van der Waals surface area contributed by atoms with Crippen LogP contribution in [0.2, 0.25) is 0 Å². The Morgan fingerprint density at radius 1 is 1.58 bits per heavy atom. The van der Waals surface area contributed by atoms with Gasteiger partial charge in [-0.1, -0.05) is 0 Å². The lowest BCUT2D eigenvalue weighted by Crippen LogP contribution is -2.06. The highest BCUT2D eigenvalue weighted by Crippen LogP contribution is 2.16. The summed E-state index contributed by atoms with van der Waals surface area (Å²) < 4.78 is 10.5. The van der Waals surface area contributed by atoms with Crippen LogP contribution in [-0.2, 0) is 9.47 Å². The van der Waals surface area contributed by atoms with Gasteiger partial charge in [-0.2, -0.15) is 5.26 Å². The van der Waals surface area contributed by atoms with Gasteiger partial charge in [0.25, 0.3) is 0 Å². The van der Waals surface area contributed by atoms with E-state index in [4.69, 9.17) is 14.7 Å². The molecule has 3 heteroatoms. The van der Waals surface area contributed by atoms with E-state index in [9.17, 15) is 0 Å². The molecule has 1 unspecified atom stereocenters. The fraction of sp³-hybridized carbons (Fsp3) is 0.889. The van der Waals surface area contributed by atoms with Gasteiger partial charge in [-0.25, -0.2) is 0 Å². The molecule has 1 aliphatic heterocycles. The van der Waals surface area contributed by atoms with Crippen molar-refractivity contribution in [1.82, 2.24) is 0 Å². The van der Waals surface area contributed by atoms with Crippen molar-refractivity contribution in [2.24, 2.45) is 0 Å². The second-order valence-electron chi connectivity index (χ2n) is 2.99. The molecule has 0 bridgehead atoms. The Hall–Kier alpha value is -0.590. The molecule has 0 aromatic rings. The van der Waals surface area contributed by atoms with Crippen molar-refractivity contribution < 1.29 is 9.47 Å². The third kappa shape index (κ3) is 3.70. The quantitative estimate of drug-likeness (QED) is 0.585. The first-order valence-corrected chi connectivity index (χ1v) is 4.50. The maximum absolute atomic E-state index is 8.18. The van der Waals surface area contributed by atoms with Crippen LogP contribution >= 0.6 is 0 Å². The van der Waals surface area contributed by atoms with Crippen molar-refractivity contribution in [2.75, 3.05) is 19.8 Å². The Kier molecular flexibility index (Phi) is 4.74. The Morgan fingerprint density at radius 2 is 2.50 bits per heavy atom. The zero-order valence-corrected chi connectivity index (χ0v) is 7.29. The molecule has 0 aliphatic carbocycles. The van der Waals surface area contributed by atoms with Gasteiger partial charge in [0.1, 0.15) is 6.61 Å². The van der Waals surface area contributed by atoms with E-state index in [0.717, 1.165) is 19.4 Å². The topological polar surface area (TPSA) is 42.2 Å². The highest BCUT2D eigenvalue weighted by atomic mass is 16.5. The molecule has 0 spiro atoms. The van der Waals surface area contributed by atoms with Crippen molar-refractivity contribution in [3.8, 4) is 6.07 Å². The molecule has 1 atom stereocenters. The van der Waals surface area contributed by atoms with Crippen LogP contribution in [0.4, 0.5) is 0 Å². The zero-order valence-electron chi connectivity index (χ0n) is 7.29. The van der Waals surface area contributed by atoms with Crippen LogP contribution in [0.5, 0.6) is 0 Å². The van der Waals surface area contributed by atoms with Crippen LogP contribution in [0.25, 0.3) is 0 Å². The monoisotopic (exact) mass is 169 g/mol. The Labute approximate surface area is 73.3 Å². The summed E-state index contributed by atoms with van der Waals surface area (Å²) in [5, 5.41) is 8.18. The number of rotatable bonds is 5. The van der Waals surface area contributed by atoms with E-state index in [1.165, 1.54) is 12.8 Å². The maximum atomic E-state index is 8.18. The molecule has 12 heavy (non-hydrogen) atoms. The molecule has 68 valence electrons. The summed E-state index contributed by atoms with van der Waals surface area (Å²) in [7, 11) is 0. The summed E-state index contributed by atoms with van der Waals surface area (Å²) in [5.41, 5.74) is 0. The van der Waals surface area contributed by atoms with E-state index in [1.807, 2.05) is 6.07 Å². The Morgan fingerprint density at radius 3 is 3.17 bits per heavy atom. The number of hydrogen-bond acceptors (Lipinski definition) is 3. The van der Waals surface area contributed by atoms with Crippen molar-refractivity contribution in [2.45, 2.75) is 31.8 Å². The fourth-order valence-corrected chi connectivity index (χ4v) is 1.40. The minimum absolute atomic E-state index is 0.214. The summed E-state index contributed by atoms with van der Waals surface area (Å²) in [6, 6.07) is 1.94. The standard InChI is InChI=1S/C9H15NO2/c10-5-8-11-6-1-3-9-4-2-7-12-9/h9H,1-4,6-8H2. The number of nitriles is 1. The minimum atomic E-state index is 0.214. The van der Waals surface area contributed by atoms with Crippen molar-refractivity contribution in [1.29, 1.82) is 5.26 Å². The van der Waals surface area contributed by atoms with Crippen LogP contribution in [0, 0.1) is 11.3 Å². The summed E-state index contributed by atoms with van der Waals surface area (Å²) in [5.74, 6) is 0. The molecule has 1 saturated heterocycles. The highest BCUT2D eigenvalue weighted by molar-refractivity contribution is 4.67. The average Bonchev–Trinajstić information content (AvgIpc) is 2.57. The van der Waals surface area contributed by atoms with Gasteiger partial charge in [0.15, 0.2) is 0 Å². The van der Waals surface area contributed by atoms with E-state index < -0.39 is 0 Å². The van der Waals surface area contributed by atoms with Crippen LogP contribution in [0.3, 0.4) is 0 Å². The van der Waals surface area contributed by atoms with Gasteiger partial charge < -0.3 is 9.47 Å². The molecule has 0 aromatic heterocycles. The second kappa shape index (κ2) is 5.99. The Bertz CT molecular complexity index is 147. The predicted molar refractivity (Wildman–Crippen MR) is 44.6 cm³/mol. The summed E-state index contributed by atoms with van der Waals surface area (Å²) in [6.07, 6.45) is 4.93. The molecule has 3 nitrogen and oxygen atoms in total. The average molecular weight is 169 g/mol. The lowest BCUT2D eigenvalue weighted by Gasteiger charge is -2.07. The lowest BCUT2D eigenvalue weighted by molar-refractivity contribution is 0.0882.